The minimum Gasteiger partial charge on any atom is -0.408 e. The van der Waals surface area contributed by atoms with Gasteiger partial charge in [-0.3, -0.25) is 4.98 Å². The van der Waals surface area contributed by atoms with Crippen LogP contribution in [-0.4, -0.2) is 9.97 Å². The molecule has 2 heterocycles. The van der Waals surface area contributed by atoms with Crippen LogP contribution in [0.4, 0.5) is 10.8 Å². The molecule has 0 saturated carbocycles. The molecule has 0 fully saturated rings. The molecule has 0 bridgehead atoms. The molecule has 0 aliphatic rings. The van der Waals surface area contributed by atoms with Crippen molar-refractivity contribution in [2.75, 3.05) is 5.32 Å². The second-order valence-corrected chi connectivity index (χ2v) is 4.52. The van der Waals surface area contributed by atoms with Crippen LogP contribution < -0.4 is 11.1 Å². The highest BCUT2D eigenvalue weighted by Gasteiger charge is 2.04. The van der Waals surface area contributed by atoms with Crippen molar-refractivity contribution in [2.24, 2.45) is 0 Å². The predicted octanol–water partition coefficient (Wildman–Crippen LogP) is 2.19. The van der Waals surface area contributed by atoms with Crippen LogP contribution in [-0.2, 0) is 0 Å². The van der Waals surface area contributed by atoms with Crippen molar-refractivity contribution in [3.63, 3.8) is 0 Å². The van der Waals surface area contributed by atoms with Crippen molar-refractivity contribution in [3.8, 4) is 6.07 Å². The van der Waals surface area contributed by atoms with E-state index in [9.17, 15) is 4.79 Å². The Morgan fingerprint density at radius 2 is 2.39 bits per heavy atom. The maximum Gasteiger partial charge on any atom is 0.417 e. The Balaban J connectivity index is 1.94. The summed E-state index contributed by atoms with van der Waals surface area (Å²) in [5.74, 6) is -0.483. The van der Waals surface area contributed by atoms with Crippen LogP contribution in [0, 0.1) is 11.3 Å². The lowest BCUT2D eigenvalue weighted by Crippen LogP contribution is -1.93. The van der Waals surface area contributed by atoms with Gasteiger partial charge in [0.25, 0.3) is 0 Å². The Labute approximate surface area is 105 Å². The maximum absolute atomic E-state index is 11.0. The monoisotopic (exact) mass is 258 g/mol. The summed E-state index contributed by atoms with van der Waals surface area (Å²) < 4.78 is 4.90. The maximum atomic E-state index is 11.0. The van der Waals surface area contributed by atoms with Crippen molar-refractivity contribution in [3.05, 3.63) is 39.8 Å². The van der Waals surface area contributed by atoms with Gasteiger partial charge in [-0.05, 0) is 18.2 Å². The van der Waals surface area contributed by atoms with E-state index in [4.69, 9.17) is 9.68 Å². The molecular weight excluding hydrogens is 252 g/mol. The lowest BCUT2D eigenvalue weighted by atomic mass is 10.3. The van der Waals surface area contributed by atoms with Crippen LogP contribution >= 0.6 is 11.3 Å². The molecule has 0 saturated heterocycles. The summed E-state index contributed by atoms with van der Waals surface area (Å²) >= 11 is 1.26. The van der Waals surface area contributed by atoms with Crippen molar-refractivity contribution in [1.29, 1.82) is 5.26 Å². The second kappa shape index (κ2) is 4.01. The van der Waals surface area contributed by atoms with Gasteiger partial charge in [-0.1, -0.05) is 11.3 Å². The number of aromatic nitrogens is 2. The minimum absolute atomic E-state index is 0.483. The van der Waals surface area contributed by atoms with Gasteiger partial charge in [0.15, 0.2) is 10.7 Å². The molecule has 88 valence electrons. The highest BCUT2D eigenvalue weighted by molar-refractivity contribution is 7.16. The molecule has 0 radical (unpaired) electrons. The smallest absolute Gasteiger partial charge is 0.408 e. The Morgan fingerprint density at radius 1 is 1.50 bits per heavy atom. The SMILES string of the molecule is N#Cc1cnc(Nc2ccc3oc(=O)[nH]c3c2)s1. The Hall–Kier alpha value is -2.59. The zero-order chi connectivity index (χ0) is 12.5. The summed E-state index contributed by atoms with van der Waals surface area (Å²) in [5.41, 5.74) is 1.88. The predicted molar refractivity (Wildman–Crippen MR) is 66.9 cm³/mol. The van der Waals surface area contributed by atoms with Crippen LogP contribution in [0.3, 0.4) is 0 Å². The molecule has 6 nitrogen and oxygen atoms in total. The van der Waals surface area contributed by atoms with Crippen molar-refractivity contribution < 1.29 is 4.42 Å². The van der Waals surface area contributed by atoms with E-state index in [0.717, 1.165) is 5.69 Å². The summed E-state index contributed by atoms with van der Waals surface area (Å²) in [7, 11) is 0. The number of nitrogens with zero attached hydrogens (tertiary/aromatic N) is 2. The topological polar surface area (TPSA) is 94.7 Å². The number of fused-ring (bicyclic) bond motifs is 1. The van der Waals surface area contributed by atoms with Gasteiger partial charge >= 0.3 is 5.76 Å². The third kappa shape index (κ3) is 1.85. The van der Waals surface area contributed by atoms with E-state index in [1.54, 1.807) is 18.2 Å². The Kier molecular flexibility index (Phi) is 2.35. The van der Waals surface area contributed by atoms with E-state index < -0.39 is 5.76 Å². The molecule has 0 unspecified atom stereocenters. The number of H-pyrrole nitrogens is 1. The normalized spacial score (nSPS) is 10.4. The van der Waals surface area contributed by atoms with Crippen molar-refractivity contribution in [1.82, 2.24) is 9.97 Å². The number of rotatable bonds is 2. The van der Waals surface area contributed by atoms with Gasteiger partial charge in [0, 0.05) is 5.69 Å². The molecular formula is C11H6N4O2S. The molecule has 0 aliphatic heterocycles. The third-order valence-electron chi connectivity index (χ3n) is 2.29. The molecule has 2 N–H and O–H groups in total. The number of nitriles is 1. The number of benzene rings is 1. The summed E-state index contributed by atoms with van der Waals surface area (Å²) in [6.45, 7) is 0. The molecule has 2 aromatic heterocycles. The number of hydrogen-bond acceptors (Lipinski definition) is 6. The zero-order valence-electron chi connectivity index (χ0n) is 8.93. The van der Waals surface area contributed by atoms with Crippen molar-refractivity contribution >= 4 is 33.3 Å². The zero-order valence-corrected chi connectivity index (χ0v) is 9.75. The van der Waals surface area contributed by atoms with Gasteiger partial charge in [0.2, 0.25) is 0 Å². The summed E-state index contributed by atoms with van der Waals surface area (Å²) in [6, 6.07) is 7.22. The average molecular weight is 258 g/mol. The first kappa shape index (κ1) is 10.6. The fourth-order valence-corrected chi connectivity index (χ4v) is 2.17. The van der Waals surface area contributed by atoms with Crippen LogP contribution in [0.15, 0.2) is 33.6 Å². The van der Waals surface area contributed by atoms with Crippen LogP contribution in [0.1, 0.15) is 4.88 Å². The highest BCUT2D eigenvalue weighted by atomic mass is 32.1. The molecule has 1 aromatic carbocycles. The van der Waals surface area contributed by atoms with E-state index in [0.29, 0.717) is 21.1 Å². The van der Waals surface area contributed by atoms with Crippen LogP contribution in [0.5, 0.6) is 0 Å². The molecule has 0 spiro atoms. The number of hydrogen-bond donors (Lipinski definition) is 2. The average Bonchev–Trinajstić information content (AvgIpc) is 2.94. The molecule has 0 aliphatic carbocycles. The minimum atomic E-state index is -0.483. The van der Waals surface area contributed by atoms with Gasteiger partial charge < -0.3 is 9.73 Å². The van der Waals surface area contributed by atoms with Gasteiger partial charge in [-0.25, -0.2) is 9.78 Å². The first-order valence-corrected chi connectivity index (χ1v) is 5.82. The lowest BCUT2D eigenvalue weighted by Gasteiger charge is -2.00. The lowest BCUT2D eigenvalue weighted by molar-refractivity contribution is 0.555. The van der Waals surface area contributed by atoms with E-state index in [-0.39, 0.29) is 0 Å². The molecule has 0 amide bonds. The Bertz CT molecular complexity index is 808. The fourth-order valence-electron chi connectivity index (χ4n) is 1.54. The quantitative estimate of drug-likeness (QED) is 0.734. The summed E-state index contributed by atoms with van der Waals surface area (Å²) in [6.07, 6.45) is 1.51. The summed E-state index contributed by atoms with van der Waals surface area (Å²) in [5, 5.41) is 12.4. The summed E-state index contributed by atoms with van der Waals surface area (Å²) in [4.78, 5) is 18.2. The first-order chi connectivity index (χ1) is 8.74. The number of aromatic amines is 1. The third-order valence-corrected chi connectivity index (χ3v) is 3.10. The van der Waals surface area contributed by atoms with E-state index in [2.05, 4.69) is 15.3 Å². The molecule has 18 heavy (non-hydrogen) atoms. The standard InChI is InChI=1S/C11H6N4O2S/c12-4-7-5-13-10(18-7)14-6-1-2-9-8(3-6)15-11(16)17-9/h1-3,5H,(H,13,14)(H,15,16). The Morgan fingerprint density at radius 3 is 3.17 bits per heavy atom. The van der Waals surface area contributed by atoms with Gasteiger partial charge in [0.1, 0.15) is 10.9 Å². The number of oxazole rings is 1. The molecule has 0 atom stereocenters. The van der Waals surface area contributed by atoms with Crippen LogP contribution in [0.2, 0.25) is 0 Å². The number of nitrogens with one attached hydrogen (secondary N) is 2. The van der Waals surface area contributed by atoms with E-state index in [1.807, 2.05) is 6.07 Å². The van der Waals surface area contributed by atoms with E-state index in [1.165, 1.54) is 17.5 Å². The molecule has 7 heteroatoms. The van der Waals surface area contributed by atoms with Gasteiger partial charge in [-0.15, -0.1) is 0 Å². The largest absolute Gasteiger partial charge is 0.417 e. The van der Waals surface area contributed by atoms with Gasteiger partial charge in [0.05, 0.1) is 11.7 Å². The van der Waals surface area contributed by atoms with Gasteiger partial charge in [-0.2, -0.15) is 5.26 Å². The number of anilines is 2. The fraction of sp³-hybridized carbons (Fsp3) is 0. The van der Waals surface area contributed by atoms with E-state index >= 15 is 0 Å². The van der Waals surface area contributed by atoms with Crippen molar-refractivity contribution in [2.45, 2.75) is 0 Å². The van der Waals surface area contributed by atoms with Crippen LogP contribution in [0.25, 0.3) is 11.1 Å². The number of thiazole rings is 1. The highest BCUT2D eigenvalue weighted by Crippen LogP contribution is 2.23. The molecule has 3 rings (SSSR count). The second-order valence-electron chi connectivity index (χ2n) is 3.49. The first-order valence-electron chi connectivity index (χ1n) is 5.00. The molecule has 3 aromatic rings.